The van der Waals surface area contributed by atoms with Crippen molar-refractivity contribution in [2.75, 3.05) is 14.2 Å². The lowest BCUT2D eigenvalue weighted by Gasteiger charge is -2.04. The van der Waals surface area contributed by atoms with Gasteiger partial charge in [-0.15, -0.1) is 10.2 Å². The Morgan fingerprint density at radius 1 is 1.38 bits per heavy atom. The third-order valence-electron chi connectivity index (χ3n) is 1.86. The molecule has 0 fully saturated rings. The monoisotopic (exact) mass is 221 g/mol. The number of hydrogen-bond donors (Lipinski definition) is 0. The number of rotatable bonds is 3. The number of methoxy groups -OCH3 is 2. The van der Waals surface area contributed by atoms with Crippen molar-refractivity contribution in [3.8, 4) is 11.8 Å². The van der Waals surface area contributed by atoms with E-state index in [0.29, 0.717) is 11.5 Å². The molecule has 2 aromatic heterocycles. The summed E-state index contributed by atoms with van der Waals surface area (Å²) in [5, 5.41) is 10.9. The van der Waals surface area contributed by atoms with E-state index in [-0.39, 0.29) is 11.8 Å². The largest absolute Gasteiger partial charge is 0.480 e. The molecular formula is C7H7N7O2. The first-order valence-corrected chi connectivity index (χ1v) is 4.19. The fraction of sp³-hybridized carbons (Fsp3) is 0.286. The average molecular weight is 221 g/mol. The average Bonchev–Trinajstić information content (AvgIpc) is 2.72. The Morgan fingerprint density at radius 2 is 2.19 bits per heavy atom. The third kappa shape index (κ3) is 1.44. The van der Waals surface area contributed by atoms with Gasteiger partial charge in [0.05, 0.1) is 20.4 Å². The van der Waals surface area contributed by atoms with Gasteiger partial charge in [0.15, 0.2) is 0 Å². The van der Waals surface area contributed by atoms with Crippen molar-refractivity contribution in [3.63, 3.8) is 0 Å². The lowest BCUT2D eigenvalue weighted by molar-refractivity contribution is 0.363. The molecule has 0 atom stereocenters. The zero-order chi connectivity index (χ0) is 11.5. The van der Waals surface area contributed by atoms with Crippen molar-refractivity contribution in [2.45, 2.75) is 0 Å². The second-order valence-corrected chi connectivity index (χ2v) is 2.68. The number of aromatic nitrogens is 4. The van der Waals surface area contributed by atoms with Crippen LogP contribution in [0.2, 0.25) is 0 Å². The summed E-state index contributed by atoms with van der Waals surface area (Å²) in [5.74, 6) is 0.640. The molecule has 0 amide bonds. The van der Waals surface area contributed by atoms with Crippen molar-refractivity contribution in [3.05, 3.63) is 16.6 Å². The van der Waals surface area contributed by atoms with Crippen molar-refractivity contribution in [1.82, 2.24) is 19.6 Å². The van der Waals surface area contributed by atoms with Gasteiger partial charge in [0.25, 0.3) is 5.88 Å². The van der Waals surface area contributed by atoms with Gasteiger partial charge in [0.1, 0.15) is 0 Å². The zero-order valence-corrected chi connectivity index (χ0v) is 8.52. The van der Waals surface area contributed by atoms with Crippen LogP contribution in [-0.2, 0) is 0 Å². The standard InChI is InChI=1S/C7H7N7O2/c1-15-4-3-14-5(6(9-4)16-2)10-11-7(14)12-13-8/h3H,1-2H3. The summed E-state index contributed by atoms with van der Waals surface area (Å²) in [7, 11) is 2.91. The molecule has 2 rings (SSSR count). The second kappa shape index (κ2) is 3.91. The van der Waals surface area contributed by atoms with Gasteiger partial charge in [-0.2, -0.15) is 4.98 Å². The molecule has 82 valence electrons. The van der Waals surface area contributed by atoms with E-state index < -0.39 is 0 Å². The molecule has 0 aliphatic carbocycles. The summed E-state index contributed by atoms with van der Waals surface area (Å²) < 4.78 is 11.4. The molecule has 0 aliphatic rings. The molecule has 0 aromatic carbocycles. The van der Waals surface area contributed by atoms with E-state index in [1.807, 2.05) is 0 Å². The Balaban J connectivity index is 2.76. The van der Waals surface area contributed by atoms with Crippen LogP contribution >= 0.6 is 0 Å². The summed E-state index contributed by atoms with van der Waals surface area (Å²) in [6, 6.07) is 0. The molecule has 2 heterocycles. The minimum absolute atomic E-state index is 0.0940. The van der Waals surface area contributed by atoms with Crippen LogP contribution < -0.4 is 9.47 Å². The fourth-order valence-corrected chi connectivity index (χ4v) is 1.18. The number of ether oxygens (including phenoxy) is 2. The van der Waals surface area contributed by atoms with Crippen LogP contribution in [0.25, 0.3) is 16.1 Å². The minimum atomic E-state index is 0.0940. The van der Waals surface area contributed by atoms with Crippen LogP contribution in [0.4, 0.5) is 5.95 Å². The first-order valence-electron chi connectivity index (χ1n) is 4.19. The van der Waals surface area contributed by atoms with Crippen molar-refractivity contribution >= 4 is 11.6 Å². The molecule has 0 radical (unpaired) electrons. The van der Waals surface area contributed by atoms with Gasteiger partial charge in [-0.1, -0.05) is 0 Å². The maximum absolute atomic E-state index is 8.35. The normalized spacial score (nSPS) is 9.88. The van der Waals surface area contributed by atoms with E-state index in [1.165, 1.54) is 24.8 Å². The van der Waals surface area contributed by atoms with Gasteiger partial charge in [-0.3, -0.25) is 4.40 Å². The van der Waals surface area contributed by atoms with E-state index in [2.05, 4.69) is 25.2 Å². The Morgan fingerprint density at radius 3 is 2.81 bits per heavy atom. The van der Waals surface area contributed by atoms with Gasteiger partial charge in [-0.25, -0.2) is 0 Å². The lowest BCUT2D eigenvalue weighted by atomic mass is 10.6. The van der Waals surface area contributed by atoms with Crippen LogP contribution in [0.5, 0.6) is 11.8 Å². The van der Waals surface area contributed by atoms with Gasteiger partial charge in [0, 0.05) is 4.91 Å². The Kier molecular flexibility index (Phi) is 2.44. The summed E-state index contributed by atoms with van der Waals surface area (Å²) in [6.07, 6.45) is 1.50. The van der Waals surface area contributed by atoms with E-state index in [9.17, 15) is 0 Å². The van der Waals surface area contributed by atoms with Crippen LogP contribution in [0.1, 0.15) is 0 Å². The van der Waals surface area contributed by atoms with Gasteiger partial charge in [0.2, 0.25) is 17.5 Å². The van der Waals surface area contributed by atoms with Gasteiger partial charge >= 0.3 is 0 Å². The first-order chi connectivity index (χ1) is 7.80. The van der Waals surface area contributed by atoms with E-state index in [1.54, 1.807) is 0 Å². The predicted octanol–water partition coefficient (Wildman–Crippen LogP) is 1.08. The maximum Gasteiger partial charge on any atom is 0.263 e. The molecular weight excluding hydrogens is 214 g/mol. The molecule has 0 N–H and O–H groups in total. The molecule has 2 aromatic rings. The quantitative estimate of drug-likeness (QED) is 0.437. The molecule has 0 saturated heterocycles. The Hall–Kier alpha value is -2.54. The van der Waals surface area contributed by atoms with Crippen molar-refractivity contribution < 1.29 is 9.47 Å². The van der Waals surface area contributed by atoms with Gasteiger partial charge in [-0.05, 0) is 10.6 Å². The topological polar surface area (TPSA) is 110 Å². The highest BCUT2D eigenvalue weighted by Gasteiger charge is 2.12. The maximum atomic E-state index is 8.35. The molecule has 9 heteroatoms. The second-order valence-electron chi connectivity index (χ2n) is 2.68. The highest BCUT2D eigenvalue weighted by molar-refractivity contribution is 5.53. The number of azide groups is 1. The first kappa shape index (κ1) is 9.99. The SMILES string of the molecule is COc1cn2c(N=[N+]=[N-])nnc2c(OC)n1. The van der Waals surface area contributed by atoms with E-state index in [4.69, 9.17) is 15.0 Å². The highest BCUT2D eigenvalue weighted by Crippen LogP contribution is 2.22. The van der Waals surface area contributed by atoms with Crippen LogP contribution in [0.3, 0.4) is 0 Å². The number of hydrogen-bond acceptors (Lipinski definition) is 6. The molecule has 16 heavy (non-hydrogen) atoms. The smallest absolute Gasteiger partial charge is 0.263 e. The summed E-state index contributed by atoms with van der Waals surface area (Å²) >= 11 is 0. The summed E-state index contributed by atoms with van der Waals surface area (Å²) in [4.78, 5) is 6.65. The Bertz CT molecular complexity index is 571. The predicted molar refractivity (Wildman–Crippen MR) is 52.7 cm³/mol. The molecule has 0 aliphatic heterocycles. The van der Waals surface area contributed by atoms with E-state index >= 15 is 0 Å². The molecule has 9 nitrogen and oxygen atoms in total. The number of nitrogens with zero attached hydrogens (tertiary/aromatic N) is 7. The summed E-state index contributed by atoms with van der Waals surface area (Å²) in [6.45, 7) is 0. The third-order valence-corrected chi connectivity index (χ3v) is 1.86. The highest BCUT2D eigenvalue weighted by atomic mass is 16.5. The van der Waals surface area contributed by atoms with Crippen LogP contribution in [-0.4, -0.2) is 33.8 Å². The van der Waals surface area contributed by atoms with Gasteiger partial charge < -0.3 is 9.47 Å². The van der Waals surface area contributed by atoms with Crippen LogP contribution in [0.15, 0.2) is 11.3 Å². The molecule has 0 spiro atoms. The summed E-state index contributed by atoms with van der Waals surface area (Å²) in [5.41, 5.74) is 8.70. The number of fused-ring (bicyclic) bond motifs is 1. The molecule has 0 bridgehead atoms. The molecule has 0 saturated carbocycles. The Labute approximate surface area is 89.3 Å². The zero-order valence-electron chi connectivity index (χ0n) is 8.52. The van der Waals surface area contributed by atoms with E-state index in [0.717, 1.165) is 0 Å². The van der Waals surface area contributed by atoms with Crippen molar-refractivity contribution in [2.24, 2.45) is 5.11 Å². The lowest BCUT2D eigenvalue weighted by Crippen LogP contribution is -1.97. The molecule has 0 unspecified atom stereocenters. The minimum Gasteiger partial charge on any atom is -0.480 e. The van der Waals surface area contributed by atoms with Crippen molar-refractivity contribution in [1.29, 1.82) is 0 Å². The van der Waals surface area contributed by atoms with Crippen LogP contribution in [0, 0.1) is 0 Å². The fourth-order valence-electron chi connectivity index (χ4n) is 1.18.